The number of thioether (sulfide) groups is 1. The van der Waals surface area contributed by atoms with Gasteiger partial charge in [0.25, 0.3) is 0 Å². The summed E-state index contributed by atoms with van der Waals surface area (Å²) in [5.41, 5.74) is 4.44. The maximum atomic E-state index is 11.2. The van der Waals surface area contributed by atoms with Gasteiger partial charge in [0.05, 0.1) is 16.3 Å². The number of carboxylic acid groups (broad SMARTS) is 1. The van der Waals surface area contributed by atoms with Crippen LogP contribution in [0.1, 0.15) is 17.3 Å². The molecule has 96 valence electrons. The SMILES string of the molecule is CC(=O)NNC(=O)CSc1ccc(C(=O)O)cn1. The zero-order valence-corrected chi connectivity index (χ0v) is 10.3. The highest BCUT2D eigenvalue weighted by atomic mass is 32.2. The number of hydrazine groups is 1. The number of aromatic nitrogens is 1. The lowest BCUT2D eigenvalue weighted by Gasteiger charge is -2.04. The number of hydrogen-bond donors (Lipinski definition) is 3. The molecule has 0 aliphatic rings. The van der Waals surface area contributed by atoms with Gasteiger partial charge in [0.15, 0.2) is 0 Å². The average Bonchev–Trinajstić information content (AvgIpc) is 2.34. The van der Waals surface area contributed by atoms with E-state index in [2.05, 4.69) is 15.8 Å². The van der Waals surface area contributed by atoms with Crippen molar-refractivity contribution in [2.75, 3.05) is 5.75 Å². The van der Waals surface area contributed by atoms with Crippen LogP contribution in [0.2, 0.25) is 0 Å². The van der Waals surface area contributed by atoms with Gasteiger partial charge in [0.1, 0.15) is 0 Å². The summed E-state index contributed by atoms with van der Waals surface area (Å²) in [7, 11) is 0. The molecule has 1 aromatic heterocycles. The highest BCUT2D eigenvalue weighted by Crippen LogP contribution is 2.14. The molecule has 0 atom stereocenters. The molecule has 1 aromatic rings. The lowest BCUT2D eigenvalue weighted by atomic mass is 10.3. The number of carboxylic acids is 1. The van der Waals surface area contributed by atoms with E-state index in [1.165, 1.54) is 25.3 Å². The van der Waals surface area contributed by atoms with Crippen molar-refractivity contribution in [3.05, 3.63) is 23.9 Å². The molecule has 7 nitrogen and oxygen atoms in total. The molecule has 0 fully saturated rings. The second-order valence-corrected chi connectivity index (χ2v) is 4.20. The smallest absolute Gasteiger partial charge is 0.337 e. The molecule has 1 rings (SSSR count). The number of amides is 2. The van der Waals surface area contributed by atoms with Gasteiger partial charge in [-0.2, -0.15) is 0 Å². The Morgan fingerprint density at radius 2 is 2.06 bits per heavy atom. The van der Waals surface area contributed by atoms with Gasteiger partial charge in [0, 0.05) is 13.1 Å². The fourth-order valence-electron chi connectivity index (χ4n) is 0.925. The number of nitrogens with one attached hydrogen (secondary N) is 2. The summed E-state index contributed by atoms with van der Waals surface area (Å²) in [4.78, 5) is 36.2. The Morgan fingerprint density at radius 3 is 2.56 bits per heavy atom. The van der Waals surface area contributed by atoms with Crippen molar-refractivity contribution in [3.8, 4) is 0 Å². The number of pyridine rings is 1. The third-order valence-electron chi connectivity index (χ3n) is 1.71. The molecule has 0 aliphatic carbocycles. The van der Waals surface area contributed by atoms with Crippen molar-refractivity contribution < 1.29 is 19.5 Å². The molecule has 0 unspecified atom stereocenters. The monoisotopic (exact) mass is 269 g/mol. The van der Waals surface area contributed by atoms with Crippen molar-refractivity contribution >= 4 is 29.5 Å². The Hall–Kier alpha value is -2.09. The van der Waals surface area contributed by atoms with Crippen molar-refractivity contribution in [1.82, 2.24) is 15.8 Å². The maximum Gasteiger partial charge on any atom is 0.337 e. The molecule has 8 heteroatoms. The van der Waals surface area contributed by atoms with E-state index in [1.54, 1.807) is 0 Å². The Kier molecular flexibility index (Phi) is 5.12. The second-order valence-electron chi connectivity index (χ2n) is 3.21. The molecular formula is C10H11N3O4S. The zero-order valence-electron chi connectivity index (χ0n) is 9.47. The number of hydrogen-bond acceptors (Lipinski definition) is 5. The minimum Gasteiger partial charge on any atom is -0.478 e. The summed E-state index contributed by atoms with van der Waals surface area (Å²) in [6.45, 7) is 1.28. The summed E-state index contributed by atoms with van der Waals surface area (Å²) in [6, 6.07) is 2.92. The Labute approximate surface area is 107 Å². The molecular weight excluding hydrogens is 258 g/mol. The predicted octanol–water partition coefficient (Wildman–Crippen LogP) is 0.0392. The molecule has 0 bridgehead atoms. The van der Waals surface area contributed by atoms with E-state index in [4.69, 9.17) is 5.11 Å². The van der Waals surface area contributed by atoms with Gasteiger partial charge in [-0.15, -0.1) is 0 Å². The summed E-state index contributed by atoms with van der Waals surface area (Å²) in [5.74, 6) is -1.72. The highest BCUT2D eigenvalue weighted by molar-refractivity contribution is 7.99. The highest BCUT2D eigenvalue weighted by Gasteiger charge is 2.06. The molecule has 3 N–H and O–H groups in total. The van der Waals surface area contributed by atoms with Crippen LogP contribution in [0.5, 0.6) is 0 Å². The molecule has 0 aliphatic heterocycles. The van der Waals surface area contributed by atoms with Crippen LogP contribution in [0.25, 0.3) is 0 Å². The molecule has 0 saturated carbocycles. The van der Waals surface area contributed by atoms with E-state index in [1.807, 2.05) is 0 Å². The van der Waals surface area contributed by atoms with Crippen LogP contribution in [0.3, 0.4) is 0 Å². The first kappa shape index (κ1) is 14.0. The third kappa shape index (κ3) is 4.83. The molecule has 0 saturated heterocycles. The van der Waals surface area contributed by atoms with Gasteiger partial charge in [-0.05, 0) is 12.1 Å². The number of aromatic carboxylic acids is 1. The van der Waals surface area contributed by atoms with Crippen LogP contribution in [0, 0.1) is 0 Å². The molecule has 0 spiro atoms. The van der Waals surface area contributed by atoms with Crippen LogP contribution < -0.4 is 10.9 Å². The number of carbonyl (C=O) groups excluding carboxylic acids is 2. The minimum absolute atomic E-state index is 0.0691. The van der Waals surface area contributed by atoms with E-state index in [-0.39, 0.29) is 23.1 Å². The number of nitrogens with zero attached hydrogens (tertiary/aromatic N) is 1. The van der Waals surface area contributed by atoms with Crippen molar-refractivity contribution in [1.29, 1.82) is 0 Å². The van der Waals surface area contributed by atoms with E-state index in [0.717, 1.165) is 11.8 Å². The van der Waals surface area contributed by atoms with Crippen LogP contribution in [-0.4, -0.2) is 33.6 Å². The van der Waals surface area contributed by atoms with Gasteiger partial charge in [-0.1, -0.05) is 11.8 Å². The summed E-state index contributed by atoms with van der Waals surface area (Å²) in [5, 5.41) is 9.19. The lowest BCUT2D eigenvalue weighted by molar-refractivity contribution is -0.126. The zero-order chi connectivity index (χ0) is 13.5. The first-order valence-corrected chi connectivity index (χ1v) is 5.85. The van der Waals surface area contributed by atoms with E-state index in [0.29, 0.717) is 5.03 Å². The Balaban J connectivity index is 2.41. The minimum atomic E-state index is -1.05. The van der Waals surface area contributed by atoms with Gasteiger partial charge in [0.2, 0.25) is 11.8 Å². The topological polar surface area (TPSA) is 108 Å². The summed E-state index contributed by atoms with van der Waals surface area (Å²) in [6.07, 6.45) is 1.22. The first-order valence-electron chi connectivity index (χ1n) is 4.86. The van der Waals surface area contributed by atoms with Gasteiger partial charge in [-0.25, -0.2) is 9.78 Å². The van der Waals surface area contributed by atoms with Crippen LogP contribution >= 0.6 is 11.8 Å². The van der Waals surface area contributed by atoms with Crippen LogP contribution in [-0.2, 0) is 9.59 Å². The van der Waals surface area contributed by atoms with Crippen molar-refractivity contribution in [2.24, 2.45) is 0 Å². The predicted molar refractivity (Wildman–Crippen MR) is 63.9 cm³/mol. The first-order chi connectivity index (χ1) is 8.49. The standard InChI is InChI=1S/C10H11N3O4S/c1-6(14)12-13-8(15)5-18-9-3-2-7(4-11-9)10(16)17/h2-4H,5H2,1H3,(H,12,14)(H,13,15)(H,16,17). The van der Waals surface area contributed by atoms with Crippen molar-refractivity contribution in [3.63, 3.8) is 0 Å². The molecule has 2 amide bonds. The lowest BCUT2D eigenvalue weighted by Crippen LogP contribution is -2.41. The van der Waals surface area contributed by atoms with Crippen LogP contribution in [0.15, 0.2) is 23.4 Å². The van der Waals surface area contributed by atoms with Gasteiger partial charge in [-0.3, -0.25) is 20.4 Å². The molecule has 1 heterocycles. The van der Waals surface area contributed by atoms with Crippen molar-refractivity contribution in [2.45, 2.75) is 11.9 Å². The van der Waals surface area contributed by atoms with Crippen LogP contribution in [0.4, 0.5) is 0 Å². The fraction of sp³-hybridized carbons (Fsp3) is 0.200. The molecule has 0 radical (unpaired) electrons. The third-order valence-corrected chi connectivity index (χ3v) is 2.66. The molecule has 18 heavy (non-hydrogen) atoms. The quantitative estimate of drug-likeness (QED) is 0.526. The number of rotatable bonds is 4. The Morgan fingerprint density at radius 1 is 1.33 bits per heavy atom. The summed E-state index contributed by atoms with van der Waals surface area (Å²) >= 11 is 1.13. The molecule has 0 aromatic carbocycles. The maximum absolute atomic E-state index is 11.2. The van der Waals surface area contributed by atoms with Gasteiger partial charge >= 0.3 is 5.97 Å². The Bertz CT molecular complexity index is 461. The van der Waals surface area contributed by atoms with E-state index in [9.17, 15) is 14.4 Å². The largest absolute Gasteiger partial charge is 0.478 e. The summed E-state index contributed by atoms with van der Waals surface area (Å²) < 4.78 is 0. The fourth-order valence-corrected chi connectivity index (χ4v) is 1.57. The average molecular weight is 269 g/mol. The number of carbonyl (C=O) groups is 3. The second kappa shape index (κ2) is 6.60. The van der Waals surface area contributed by atoms with E-state index < -0.39 is 5.97 Å². The van der Waals surface area contributed by atoms with Gasteiger partial charge < -0.3 is 5.11 Å². The normalized spacial score (nSPS) is 9.61. The van der Waals surface area contributed by atoms with E-state index >= 15 is 0 Å².